The molecule has 0 fully saturated rings. The zero-order valence-corrected chi connectivity index (χ0v) is 15.8. The van der Waals surface area contributed by atoms with Crippen LogP contribution in [0.2, 0.25) is 0 Å². The Balaban J connectivity index is 1.41. The summed E-state index contributed by atoms with van der Waals surface area (Å²) in [6.45, 7) is 1.86. The van der Waals surface area contributed by atoms with Crippen LogP contribution in [0.3, 0.4) is 0 Å². The number of carbonyl (C=O) groups is 3. The molecule has 1 N–H and O–H groups in total. The summed E-state index contributed by atoms with van der Waals surface area (Å²) in [4.78, 5) is 36.0. The van der Waals surface area contributed by atoms with E-state index in [0.717, 1.165) is 5.56 Å². The van der Waals surface area contributed by atoms with E-state index in [2.05, 4.69) is 5.32 Å². The third-order valence-corrected chi connectivity index (χ3v) is 4.30. The molecule has 1 amide bonds. The second kappa shape index (κ2) is 9.18. The Morgan fingerprint density at radius 3 is 2.55 bits per heavy atom. The Kier molecular flexibility index (Phi) is 6.43. The van der Waals surface area contributed by atoms with E-state index in [1.54, 1.807) is 18.2 Å². The molecule has 2 aromatic rings. The number of ketones is 1. The highest BCUT2D eigenvalue weighted by Crippen LogP contribution is 2.32. The average molecular weight is 401 g/mol. The highest BCUT2D eigenvalue weighted by Gasteiger charge is 2.19. The fraction of sp³-hybridized carbons (Fsp3) is 0.286. The van der Waals surface area contributed by atoms with Crippen molar-refractivity contribution in [3.63, 3.8) is 0 Å². The lowest BCUT2D eigenvalue weighted by Gasteiger charge is -2.13. The number of benzene rings is 2. The van der Waals surface area contributed by atoms with Crippen molar-refractivity contribution in [3.05, 3.63) is 59.4 Å². The van der Waals surface area contributed by atoms with Crippen LogP contribution in [0.4, 0.5) is 4.39 Å². The molecule has 1 heterocycles. The normalized spacial score (nSPS) is 12.9. The SMILES string of the molecule is C[C@@H](OC(=O)CCC(=O)c1ccc(F)cc1)C(=O)NCc1ccc2c(c1)OCO2. The molecule has 1 aliphatic rings. The first-order valence-corrected chi connectivity index (χ1v) is 9.07. The first-order chi connectivity index (χ1) is 13.9. The van der Waals surface area contributed by atoms with Gasteiger partial charge in [-0.25, -0.2) is 4.39 Å². The second-order valence-electron chi connectivity index (χ2n) is 6.47. The number of hydrogen-bond acceptors (Lipinski definition) is 6. The number of halogens is 1. The number of nitrogens with one attached hydrogen (secondary N) is 1. The quantitative estimate of drug-likeness (QED) is 0.540. The number of ether oxygens (including phenoxy) is 3. The van der Waals surface area contributed by atoms with Crippen molar-refractivity contribution in [2.24, 2.45) is 0 Å². The summed E-state index contributed by atoms with van der Waals surface area (Å²) >= 11 is 0. The van der Waals surface area contributed by atoms with Crippen molar-refractivity contribution < 1.29 is 33.0 Å². The molecule has 1 atom stereocenters. The van der Waals surface area contributed by atoms with Gasteiger partial charge in [0.1, 0.15) is 5.82 Å². The molecule has 7 nitrogen and oxygen atoms in total. The van der Waals surface area contributed by atoms with E-state index in [4.69, 9.17) is 14.2 Å². The van der Waals surface area contributed by atoms with Crippen LogP contribution >= 0.6 is 0 Å². The van der Waals surface area contributed by atoms with Gasteiger partial charge in [-0.05, 0) is 48.9 Å². The fourth-order valence-corrected chi connectivity index (χ4v) is 2.69. The Morgan fingerprint density at radius 1 is 1.07 bits per heavy atom. The lowest BCUT2D eigenvalue weighted by atomic mass is 10.1. The zero-order chi connectivity index (χ0) is 20.8. The molecule has 0 bridgehead atoms. The number of fused-ring (bicyclic) bond motifs is 1. The minimum atomic E-state index is -1.00. The molecule has 0 saturated heterocycles. The van der Waals surface area contributed by atoms with Gasteiger partial charge in [-0.3, -0.25) is 14.4 Å². The zero-order valence-electron chi connectivity index (χ0n) is 15.8. The van der Waals surface area contributed by atoms with Gasteiger partial charge >= 0.3 is 5.97 Å². The van der Waals surface area contributed by atoms with Crippen molar-refractivity contribution in [2.75, 3.05) is 6.79 Å². The Hall–Kier alpha value is -3.42. The molecule has 1 aliphatic heterocycles. The maximum Gasteiger partial charge on any atom is 0.307 e. The highest BCUT2D eigenvalue weighted by molar-refractivity contribution is 5.97. The van der Waals surface area contributed by atoms with Crippen LogP contribution < -0.4 is 14.8 Å². The van der Waals surface area contributed by atoms with Crippen LogP contribution in [0, 0.1) is 5.82 Å². The van der Waals surface area contributed by atoms with E-state index in [1.165, 1.54) is 31.2 Å². The molecule has 0 unspecified atom stereocenters. The Labute approximate surface area is 166 Å². The number of esters is 1. The maximum absolute atomic E-state index is 12.9. The first-order valence-electron chi connectivity index (χ1n) is 9.07. The predicted octanol–water partition coefficient (Wildman–Crippen LogP) is 2.77. The van der Waals surface area contributed by atoms with Crippen molar-refractivity contribution >= 4 is 17.7 Å². The van der Waals surface area contributed by atoms with E-state index >= 15 is 0 Å². The van der Waals surface area contributed by atoms with Gasteiger partial charge in [0, 0.05) is 18.5 Å². The van der Waals surface area contributed by atoms with Crippen molar-refractivity contribution in [1.29, 1.82) is 0 Å². The largest absolute Gasteiger partial charge is 0.454 e. The number of amides is 1. The Bertz CT molecular complexity index is 912. The summed E-state index contributed by atoms with van der Waals surface area (Å²) in [5.74, 6) is -0.602. The smallest absolute Gasteiger partial charge is 0.307 e. The van der Waals surface area contributed by atoms with Gasteiger partial charge in [-0.2, -0.15) is 0 Å². The molecule has 2 aromatic carbocycles. The van der Waals surface area contributed by atoms with E-state index in [0.29, 0.717) is 17.1 Å². The number of carbonyl (C=O) groups excluding carboxylic acids is 3. The third-order valence-electron chi connectivity index (χ3n) is 4.30. The van der Waals surface area contributed by atoms with E-state index < -0.39 is 23.8 Å². The van der Waals surface area contributed by atoms with Crippen molar-refractivity contribution in [1.82, 2.24) is 5.32 Å². The number of rotatable bonds is 8. The van der Waals surface area contributed by atoms with Crippen molar-refractivity contribution in [2.45, 2.75) is 32.4 Å². The summed E-state index contributed by atoms with van der Waals surface area (Å²) < 4.78 is 28.5. The summed E-state index contributed by atoms with van der Waals surface area (Å²) in [6.07, 6.45) is -1.26. The van der Waals surface area contributed by atoms with Crippen LogP contribution in [-0.4, -0.2) is 30.6 Å². The summed E-state index contributed by atoms with van der Waals surface area (Å²) in [5.41, 5.74) is 1.12. The topological polar surface area (TPSA) is 90.9 Å². The lowest BCUT2D eigenvalue weighted by Crippen LogP contribution is -2.35. The summed E-state index contributed by atoms with van der Waals surface area (Å²) in [5, 5.41) is 2.68. The van der Waals surface area contributed by atoms with Crippen LogP contribution in [0.1, 0.15) is 35.7 Å². The molecule has 0 radical (unpaired) electrons. The summed E-state index contributed by atoms with van der Waals surface area (Å²) in [7, 11) is 0. The molecule has 3 rings (SSSR count). The van der Waals surface area contributed by atoms with Gasteiger partial charge < -0.3 is 19.5 Å². The van der Waals surface area contributed by atoms with Gasteiger partial charge in [-0.1, -0.05) is 6.07 Å². The molecule has 152 valence electrons. The second-order valence-corrected chi connectivity index (χ2v) is 6.47. The van der Waals surface area contributed by atoms with Crippen LogP contribution in [0.15, 0.2) is 42.5 Å². The van der Waals surface area contributed by atoms with Gasteiger partial charge in [0.15, 0.2) is 23.4 Å². The molecule has 0 aliphatic carbocycles. The minimum absolute atomic E-state index is 0.0873. The average Bonchev–Trinajstić information content (AvgIpc) is 3.18. The molecule has 0 spiro atoms. The Morgan fingerprint density at radius 2 is 1.79 bits per heavy atom. The predicted molar refractivity (Wildman–Crippen MR) is 99.9 cm³/mol. The summed E-state index contributed by atoms with van der Waals surface area (Å²) in [6, 6.07) is 10.4. The van der Waals surface area contributed by atoms with Crippen LogP contribution in [0.5, 0.6) is 11.5 Å². The molecule has 0 saturated carbocycles. The highest BCUT2D eigenvalue weighted by atomic mass is 19.1. The monoisotopic (exact) mass is 401 g/mol. The number of hydrogen-bond donors (Lipinski definition) is 1. The lowest BCUT2D eigenvalue weighted by molar-refractivity contribution is -0.154. The van der Waals surface area contributed by atoms with E-state index in [-0.39, 0.29) is 32.0 Å². The molecule has 0 aromatic heterocycles. The van der Waals surface area contributed by atoms with Crippen LogP contribution in [0.25, 0.3) is 0 Å². The molecule has 8 heteroatoms. The van der Waals surface area contributed by atoms with Gasteiger partial charge in [0.05, 0.1) is 6.42 Å². The molecule has 29 heavy (non-hydrogen) atoms. The van der Waals surface area contributed by atoms with E-state index in [1.807, 2.05) is 0 Å². The molecular weight excluding hydrogens is 381 g/mol. The van der Waals surface area contributed by atoms with Crippen molar-refractivity contribution in [3.8, 4) is 11.5 Å². The van der Waals surface area contributed by atoms with Gasteiger partial charge in [0.25, 0.3) is 5.91 Å². The van der Waals surface area contributed by atoms with E-state index in [9.17, 15) is 18.8 Å². The fourth-order valence-electron chi connectivity index (χ4n) is 2.69. The van der Waals surface area contributed by atoms with Crippen LogP contribution in [-0.2, 0) is 20.9 Å². The standard InChI is InChI=1S/C21H20FNO6/c1-13(21(26)23-11-14-2-8-18-19(10-14)28-12-27-18)29-20(25)9-7-17(24)15-3-5-16(22)6-4-15/h2-6,8,10,13H,7,9,11-12H2,1H3,(H,23,26)/t13-/m1/s1. The van der Waals surface area contributed by atoms with Gasteiger partial charge in [0.2, 0.25) is 6.79 Å². The minimum Gasteiger partial charge on any atom is -0.454 e. The third kappa shape index (κ3) is 5.54. The first kappa shape index (κ1) is 20.3. The number of Topliss-reactive ketones (excluding diaryl/α,β-unsaturated/α-hetero) is 1. The maximum atomic E-state index is 12.9. The van der Waals surface area contributed by atoms with Gasteiger partial charge in [-0.15, -0.1) is 0 Å². The molecular formula is C21H20FNO6.